The standard InChI is InChI=1S/C20H24N2O2/c23-20(21-18-12-6-2-7-13-18)24-19(17-10-4-1-5-11-17)16-22-14-8-3-9-15-22/h1-2,4-7,10-13,19H,3,8-9,14-16H2,(H,21,23). The highest BCUT2D eigenvalue weighted by Gasteiger charge is 2.21. The molecule has 4 heteroatoms. The van der Waals surface area contributed by atoms with Crippen molar-refractivity contribution in [1.29, 1.82) is 0 Å². The first-order chi connectivity index (χ1) is 11.8. The summed E-state index contributed by atoms with van der Waals surface area (Å²) >= 11 is 0. The molecule has 1 aliphatic heterocycles. The van der Waals surface area contributed by atoms with Gasteiger partial charge in [0.25, 0.3) is 0 Å². The highest BCUT2D eigenvalue weighted by atomic mass is 16.6. The molecule has 4 nitrogen and oxygen atoms in total. The average molecular weight is 324 g/mol. The van der Waals surface area contributed by atoms with Crippen LogP contribution < -0.4 is 5.32 Å². The Morgan fingerprint density at radius 3 is 2.25 bits per heavy atom. The first-order valence-electron chi connectivity index (χ1n) is 8.61. The Labute approximate surface area is 143 Å². The minimum Gasteiger partial charge on any atom is -0.440 e. The quantitative estimate of drug-likeness (QED) is 0.882. The Balaban J connectivity index is 1.66. The molecule has 1 N–H and O–H groups in total. The number of amides is 1. The number of para-hydroxylation sites is 1. The number of hydrogen-bond acceptors (Lipinski definition) is 3. The highest BCUT2D eigenvalue weighted by molar-refractivity contribution is 5.84. The number of nitrogens with one attached hydrogen (secondary N) is 1. The van der Waals surface area contributed by atoms with E-state index in [1.807, 2.05) is 60.7 Å². The van der Waals surface area contributed by atoms with Crippen LogP contribution in [0.3, 0.4) is 0 Å². The zero-order chi connectivity index (χ0) is 16.6. The van der Waals surface area contributed by atoms with Crippen molar-refractivity contribution in [3.63, 3.8) is 0 Å². The number of carbonyl (C=O) groups is 1. The van der Waals surface area contributed by atoms with Gasteiger partial charge in [-0.05, 0) is 43.6 Å². The Morgan fingerprint density at radius 1 is 0.958 bits per heavy atom. The molecule has 1 atom stereocenters. The van der Waals surface area contributed by atoms with Crippen molar-refractivity contribution in [3.05, 3.63) is 66.2 Å². The molecule has 2 aromatic carbocycles. The van der Waals surface area contributed by atoms with E-state index in [0.717, 1.165) is 30.9 Å². The van der Waals surface area contributed by atoms with Crippen molar-refractivity contribution in [2.75, 3.05) is 25.0 Å². The summed E-state index contributed by atoms with van der Waals surface area (Å²) in [6, 6.07) is 19.4. The molecule has 0 saturated carbocycles. The molecule has 0 radical (unpaired) electrons. The van der Waals surface area contributed by atoms with Crippen LogP contribution in [0, 0.1) is 0 Å². The van der Waals surface area contributed by atoms with Crippen LogP contribution in [0.15, 0.2) is 60.7 Å². The summed E-state index contributed by atoms with van der Waals surface area (Å²) in [6.45, 7) is 2.90. The number of rotatable bonds is 5. The largest absolute Gasteiger partial charge is 0.440 e. The fourth-order valence-electron chi connectivity index (χ4n) is 3.05. The predicted molar refractivity (Wildman–Crippen MR) is 96.0 cm³/mol. The van der Waals surface area contributed by atoms with E-state index in [-0.39, 0.29) is 6.10 Å². The third-order valence-electron chi connectivity index (χ3n) is 4.31. The van der Waals surface area contributed by atoms with E-state index in [1.165, 1.54) is 19.3 Å². The molecule has 0 bridgehead atoms. The molecule has 0 aliphatic carbocycles. The second-order valence-electron chi connectivity index (χ2n) is 6.16. The number of nitrogens with zero attached hydrogens (tertiary/aromatic N) is 1. The van der Waals surface area contributed by atoms with Crippen LogP contribution in [-0.4, -0.2) is 30.6 Å². The molecule has 1 unspecified atom stereocenters. The summed E-state index contributed by atoms with van der Waals surface area (Å²) < 4.78 is 5.75. The highest BCUT2D eigenvalue weighted by Crippen LogP contribution is 2.22. The molecule has 24 heavy (non-hydrogen) atoms. The molecule has 1 fully saturated rings. The topological polar surface area (TPSA) is 41.6 Å². The van der Waals surface area contributed by atoms with Crippen molar-refractivity contribution < 1.29 is 9.53 Å². The van der Waals surface area contributed by atoms with Gasteiger partial charge < -0.3 is 4.74 Å². The van der Waals surface area contributed by atoms with Gasteiger partial charge in [-0.25, -0.2) is 4.79 Å². The summed E-state index contributed by atoms with van der Waals surface area (Å²) in [5, 5.41) is 2.80. The van der Waals surface area contributed by atoms with Crippen LogP contribution in [0.25, 0.3) is 0 Å². The molecule has 1 heterocycles. The summed E-state index contributed by atoms with van der Waals surface area (Å²) in [5.41, 5.74) is 1.78. The summed E-state index contributed by atoms with van der Waals surface area (Å²) in [5.74, 6) is 0. The third kappa shape index (κ3) is 4.83. The number of ether oxygens (including phenoxy) is 1. The fourth-order valence-corrected chi connectivity index (χ4v) is 3.05. The molecular formula is C20H24N2O2. The molecule has 0 aromatic heterocycles. The maximum Gasteiger partial charge on any atom is 0.412 e. The van der Waals surface area contributed by atoms with E-state index < -0.39 is 6.09 Å². The Bertz CT molecular complexity index is 625. The van der Waals surface area contributed by atoms with Crippen LogP contribution in [0.5, 0.6) is 0 Å². The van der Waals surface area contributed by atoms with Gasteiger partial charge in [0.2, 0.25) is 0 Å². The van der Waals surface area contributed by atoms with Crippen LogP contribution in [-0.2, 0) is 4.74 Å². The minimum atomic E-state index is -0.410. The average Bonchev–Trinajstić information content (AvgIpc) is 2.63. The van der Waals surface area contributed by atoms with E-state index in [2.05, 4.69) is 10.2 Å². The second-order valence-corrected chi connectivity index (χ2v) is 6.16. The van der Waals surface area contributed by atoms with E-state index >= 15 is 0 Å². The third-order valence-corrected chi connectivity index (χ3v) is 4.31. The van der Waals surface area contributed by atoms with Crippen LogP contribution in [0.2, 0.25) is 0 Å². The van der Waals surface area contributed by atoms with Gasteiger partial charge in [-0.1, -0.05) is 55.0 Å². The lowest BCUT2D eigenvalue weighted by Gasteiger charge is -2.30. The summed E-state index contributed by atoms with van der Waals surface area (Å²) in [6.07, 6.45) is 3.07. The molecule has 1 saturated heterocycles. The van der Waals surface area contributed by atoms with Gasteiger partial charge in [-0.2, -0.15) is 0 Å². The minimum absolute atomic E-state index is 0.256. The Hall–Kier alpha value is -2.33. The molecule has 2 aromatic rings. The van der Waals surface area contributed by atoms with Crippen molar-refractivity contribution in [2.24, 2.45) is 0 Å². The molecular weight excluding hydrogens is 300 g/mol. The number of anilines is 1. The molecule has 3 rings (SSSR count). The number of hydrogen-bond donors (Lipinski definition) is 1. The SMILES string of the molecule is O=C(Nc1ccccc1)OC(CN1CCCCC1)c1ccccc1. The number of piperidine rings is 1. The van der Waals surface area contributed by atoms with Crippen LogP contribution in [0.4, 0.5) is 10.5 Å². The van der Waals surface area contributed by atoms with Gasteiger partial charge in [0.1, 0.15) is 6.10 Å². The van der Waals surface area contributed by atoms with Gasteiger partial charge >= 0.3 is 6.09 Å². The maximum atomic E-state index is 12.3. The first kappa shape index (κ1) is 16.5. The summed E-state index contributed by atoms with van der Waals surface area (Å²) in [4.78, 5) is 14.7. The van der Waals surface area contributed by atoms with Gasteiger partial charge in [-0.15, -0.1) is 0 Å². The van der Waals surface area contributed by atoms with Gasteiger partial charge in [0, 0.05) is 12.2 Å². The second kappa shape index (κ2) is 8.50. The van der Waals surface area contributed by atoms with Crippen molar-refractivity contribution >= 4 is 11.8 Å². The predicted octanol–water partition coefficient (Wildman–Crippen LogP) is 4.46. The van der Waals surface area contributed by atoms with E-state index in [1.54, 1.807) is 0 Å². The first-order valence-corrected chi connectivity index (χ1v) is 8.61. The lowest BCUT2D eigenvalue weighted by molar-refractivity contribution is 0.0729. The maximum absolute atomic E-state index is 12.3. The van der Waals surface area contributed by atoms with E-state index in [0.29, 0.717) is 0 Å². The van der Waals surface area contributed by atoms with E-state index in [4.69, 9.17) is 4.74 Å². The monoisotopic (exact) mass is 324 g/mol. The molecule has 126 valence electrons. The van der Waals surface area contributed by atoms with Crippen LogP contribution in [0.1, 0.15) is 30.9 Å². The van der Waals surface area contributed by atoms with Crippen LogP contribution >= 0.6 is 0 Å². The van der Waals surface area contributed by atoms with Gasteiger partial charge in [0.05, 0.1) is 0 Å². The lowest BCUT2D eigenvalue weighted by Crippen LogP contribution is -2.35. The van der Waals surface area contributed by atoms with Gasteiger partial charge in [0.15, 0.2) is 0 Å². The Morgan fingerprint density at radius 2 is 1.58 bits per heavy atom. The number of likely N-dealkylation sites (tertiary alicyclic amines) is 1. The van der Waals surface area contributed by atoms with E-state index in [9.17, 15) is 4.79 Å². The van der Waals surface area contributed by atoms with Crippen molar-refractivity contribution in [1.82, 2.24) is 4.90 Å². The smallest absolute Gasteiger partial charge is 0.412 e. The zero-order valence-corrected chi connectivity index (χ0v) is 13.9. The number of benzene rings is 2. The lowest BCUT2D eigenvalue weighted by atomic mass is 10.1. The number of carbonyl (C=O) groups excluding carboxylic acids is 1. The Kier molecular flexibility index (Phi) is 5.85. The van der Waals surface area contributed by atoms with Gasteiger partial charge in [-0.3, -0.25) is 10.2 Å². The summed E-state index contributed by atoms with van der Waals surface area (Å²) in [7, 11) is 0. The molecule has 0 spiro atoms. The fraction of sp³-hybridized carbons (Fsp3) is 0.350. The van der Waals surface area contributed by atoms with Crippen molar-refractivity contribution in [2.45, 2.75) is 25.4 Å². The molecule has 1 amide bonds. The molecule has 1 aliphatic rings. The zero-order valence-electron chi connectivity index (χ0n) is 13.9. The van der Waals surface area contributed by atoms with Crippen molar-refractivity contribution in [3.8, 4) is 0 Å². The normalized spacial score (nSPS) is 16.3.